The molecule has 1 heterocycles. The van der Waals surface area contributed by atoms with Crippen molar-refractivity contribution in [3.63, 3.8) is 0 Å². The molecule has 0 aliphatic rings. The summed E-state index contributed by atoms with van der Waals surface area (Å²) in [4.78, 5) is 4.28. The number of aromatic nitrogens is 1. The fraction of sp³-hybridized carbons (Fsp3) is 0.154. The van der Waals surface area contributed by atoms with Gasteiger partial charge in [0.25, 0.3) is 0 Å². The number of nitrogens with two attached hydrogens (primary N) is 1. The largest absolute Gasteiger partial charge is 0.493 e. The molecular weight excluding hydrogens is 312 g/mol. The molecule has 2 N–H and O–H groups in total. The molecule has 0 saturated carbocycles. The van der Waals surface area contributed by atoms with Crippen molar-refractivity contribution >= 4 is 33.4 Å². The van der Waals surface area contributed by atoms with Gasteiger partial charge < -0.3 is 10.5 Å². The molecule has 18 heavy (non-hydrogen) atoms. The van der Waals surface area contributed by atoms with E-state index in [-0.39, 0.29) is 0 Å². The van der Waals surface area contributed by atoms with Crippen LogP contribution in [0.3, 0.4) is 0 Å². The maximum Gasteiger partial charge on any atom is 0.119 e. The van der Waals surface area contributed by atoms with Crippen LogP contribution in [0.2, 0.25) is 0 Å². The SMILES string of the molecule is Nc1ccc(OCCSc2ncccc2Br)cc1. The van der Waals surface area contributed by atoms with E-state index >= 15 is 0 Å². The average Bonchev–Trinajstić information content (AvgIpc) is 2.39. The van der Waals surface area contributed by atoms with Crippen LogP contribution in [0.1, 0.15) is 0 Å². The van der Waals surface area contributed by atoms with E-state index in [9.17, 15) is 0 Å². The Labute approximate surface area is 119 Å². The summed E-state index contributed by atoms with van der Waals surface area (Å²) < 4.78 is 6.62. The summed E-state index contributed by atoms with van der Waals surface area (Å²) in [5.41, 5.74) is 6.35. The predicted octanol–water partition coefficient (Wildman–Crippen LogP) is 3.60. The van der Waals surface area contributed by atoms with Gasteiger partial charge in [-0.2, -0.15) is 0 Å². The molecule has 0 atom stereocenters. The summed E-state index contributed by atoms with van der Waals surface area (Å²) in [5.74, 6) is 1.69. The maximum absolute atomic E-state index is 5.60. The van der Waals surface area contributed by atoms with Crippen molar-refractivity contribution in [2.75, 3.05) is 18.1 Å². The van der Waals surface area contributed by atoms with Gasteiger partial charge in [0.2, 0.25) is 0 Å². The number of ether oxygens (including phenoxy) is 1. The predicted molar refractivity (Wildman–Crippen MR) is 79.0 cm³/mol. The highest BCUT2D eigenvalue weighted by Crippen LogP contribution is 2.24. The topological polar surface area (TPSA) is 48.1 Å². The molecule has 0 aliphatic heterocycles. The number of benzene rings is 1. The minimum atomic E-state index is 0.637. The number of anilines is 1. The Kier molecular flexibility index (Phi) is 4.90. The Morgan fingerprint density at radius 3 is 2.72 bits per heavy atom. The lowest BCUT2D eigenvalue weighted by molar-refractivity contribution is 0.344. The molecular formula is C13H13BrN2OS. The number of pyridine rings is 1. The van der Waals surface area contributed by atoms with Crippen LogP contribution in [0, 0.1) is 0 Å². The number of halogens is 1. The molecule has 2 rings (SSSR count). The van der Waals surface area contributed by atoms with E-state index in [0.717, 1.165) is 26.7 Å². The third-order valence-corrected chi connectivity index (χ3v) is 4.07. The van der Waals surface area contributed by atoms with Crippen molar-refractivity contribution in [2.45, 2.75) is 5.03 Å². The van der Waals surface area contributed by atoms with E-state index in [2.05, 4.69) is 20.9 Å². The first-order chi connectivity index (χ1) is 8.75. The van der Waals surface area contributed by atoms with Crippen LogP contribution in [-0.2, 0) is 0 Å². The molecule has 0 unspecified atom stereocenters. The summed E-state index contributed by atoms with van der Waals surface area (Å²) in [7, 11) is 0. The van der Waals surface area contributed by atoms with Gasteiger partial charge in [-0.25, -0.2) is 4.98 Å². The lowest BCUT2D eigenvalue weighted by atomic mass is 10.3. The second-order valence-corrected chi connectivity index (χ2v) is 5.49. The zero-order valence-electron chi connectivity index (χ0n) is 9.67. The number of hydrogen-bond donors (Lipinski definition) is 1. The van der Waals surface area contributed by atoms with Gasteiger partial charge >= 0.3 is 0 Å². The van der Waals surface area contributed by atoms with Crippen molar-refractivity contribution < 1.29 is 4.74 Å². The fourth-order valence-electron chi connectivity index (χ4n) is 1.34. The summed E-state index contributed by atoms with van der Waals surface area (Å²) >= 11 is 5.12. The number of nitrogen functional groups attached to an aromatic ring is 1. The van der Waals surface area contributed by atoms with E-state index in [1.54, 1.807) is 18.0 Å². The quantitative estimate of drug-likeness (QED) is 0.518. The van der Waals surface area contributed by atoms with Crippen molar-refractivity contribution in [2.24, 2.45) is 0 Å². The molecule has 5 heteroatoms. The average molecular weight is 325 g/mol. The zero-order chi connectivity index (χ0) is 12.8. The Morgan fingerprint density at radius 2 is 2.00 bits per heavy atom. The first-order valence-corrected chi connectivity index (χ1v) is 7.25. The minimum absolute atomic E-state index is 0.637. The van der Waals surface area contributed by atoms with Crippen molar-refractivity contribution in [1.82, 2.24) is 4.98 Å². The highest BCUT2D eigenvalue weighted by atomic mass is 79.9. The monoisotopic (exact) mass is 324 g/mol. The van der Waals surface area contributed by atoms with Gasteiger partial charge in [0, 0.05) is 22.1 Å². The Bertz CT molecular complexity index is 505. The van der Waals surface area contributed by atoms with Crippen LogP contribution in [0.25, 0.3) is 0 Å². The summed E-state index contributed by atoms with van der Waals surface area (Å²) in [6, 6.07) is 11.3. The highest BCUT2D eigenvalue weighted by molar-refractivity contribution is 9.10. The normalized spacial score (nSPS) is 10.3. The van der Waals surface area contributed by atoms with Crippen LogP contribution in [0.4, 0.5) is 5.69 Å². The molecule has 0 amide bonds. The van der Waals surface area contributed by atoms with Crippen LogP contribution in [-0.4, -0.2) is 17.3 Å². The third kappa shape index (κ3) is 3.92. The molecule has 0 bridgehead atoms. The Morgan fingerprint density at radius 1 is 1.22 bits per heavy atom. The third-order valence-electron chi connectivity index (χ3n) is 2.20. The molecule has 1 aromatic heterocycles. The first-order valence-electron chi connectivity index (χ1n) is 5.47. The van der Waals surface area contributed by atoms with Gasteiger partial charge in [0.05, 0.1) is 6.61 Å². The van der Waals surface area contributed by atoms with E-state index in [4.69, 9.17) is 10.5 Å². The maximum atomic E-state index is 5.60. The lowest BCUT2D eigenvalue weighted by Gasteiger charge is -2.06. The molecule has 94 valence electrons. The molecule has 0 fully saturated rings. The summed E-state index contributed by atoms with van der Waals surface area (Å²) in [6.45, 7) is 0.637. The molecule has 0 radical (unpaired) electrons. The smallest absolute Gasteiger partial charge is 0.119 e. The molecule has 2 aromatic rings. The lowest BCUT2D eigenvalue weighted by Crippen LogP contribution is -2.00. The molecule has 0 spiro atoms. The number of hydrogen-bond acceptors (Lipinski definition) is 4. The summed E-state index contributed by atoms with van der Waals surface area (Å²) in [5, 5.41) is 0.985. The number of nitrogens with zero attached hydrogens (tertiary/aromatic N) is 1. The van der Waals surface area contributed by atoms with Gasteiger partial charge in [0.15, 0.2) is 0 Å². The van der Waals surface area contributed by atoms with Crippen molar-refractivity contribution in [3.8, 4) is 5.75 Å². The van der Waals surface area contributed by atoms with Crippen LogP contribution < -0.4 is 10.5 Å². The van der Waals surface area contributed by atoms with Gasteiger partial charge in [-0.3, -0.25) is 0 Å². The van der Waals surface area contributed by atoms with Crippen LogP contribution in [0.5, 0.6) is 5.75 Å². The van der Waals surface area contributed by atoms with Crippen molar-refractivity contribution in [3.05, 3.63) is 47.1 Å². The van der Waals surface area contributed by atoms with Crippen LogP contribution >= 0.6 is 27.7 Å². The van der Waals surface area contributed by atoms with E-state index in [1.165, 1.54) is 0 Å². The van der Waals surface area contributed by atoms with Crippen molar-refractivity contribution in [1.29, 1.82) is 0 Å². The van der Waals surface area contributed by atoms with Gasteiger partial charge in [0.1, 0.15) is 10.8 Å². The van der Waals surface area contributed by atoms with Gasteiger partial charge in [-0.1, -0.05) is 0 Å². The highest BCUT2D eigenvalue weighted by Gasteiger charge is 2.01. The molecule has 3 nitrogen and oxygen atoms in total. The molecule has 1 aromatic carbocycles. The Hall–Kier alpha value is -1.20. The van der Waals surface area contributed by atoms with E-state index < -0.39 is 0 Å². The number of thioether (sulfide) groups is 1. The Balaban J connectivity index is 1.76. The minimum Gasteiger partial charge on any atom is -0.493 e. The fourth-order valence-corrected chi connectivity index (χ4v) is 2.64. The van der Waals surface area contributed by atoms with Crippen LogP contribution in [0.15, 0.2) is 52.1 Å². The molecule has 0 aliphatic carbocycles. The zero-order valence-corrected chi connectivity index (χ0v) is 12.1. The molecule has 0 saturated heterocycles. The number of rotatable bonds is 5. The van der Waals surface area contributed by atoms with E-state index in [0.29, 0.717) is 6.61 Å². The van der Waals surface area contributed by atoms with Gasteiger partial charge in [-0.15, -0.1) is 11.8 Å². The second kappa shape index (κ2) is 6.66. The second-order valence-electron chi connectivity index (χ2n) is 3.56. The first kappa shape index (κ1) is 13.2. The standard InChI is InChI=1S/C13H13BrN2OS/c14-12-2-1-7-16-13(12)18-9-8-17-11-5-3-10(15)4-6-11/h1-7H,8-9,15H2. The van der Waals surface area contributed by atoms with Gasteiger partial charge in [-0.05, 0) is 52.3 Å². The summed E-state index contributed by atoms with van der Waals surface area (Å²) in [6.07, 6.45) is 1.79. The van der Waals surface area contributed by atoms with E-state index in [1.807, 2.05) is 36.4 Å².